The van der Waals surface area contributed by atoms with Gasteiger partial charge in [-0.2, -0.15) is 0 Å². The van der Waals surface area contributed by atoms with Gasteiger partial charge in [0.05, 0.1) is 0 Å². The Hall–Kier alpha value is -1.56. The van der Waals surface area contributed by atoms with Crippen molar-refractivity contribution in [3.05, 3.63) is 57.2 Å². The number of carbonyl (C=O) groups excluding carboxylic acids is 1. The summed E-state index contributed by atoms with van der Waals surface area (Å²) < 4.78 is 6.88. The van der Waals surface area contributed by atoms with Crippen LogP contribution >= 0.6 is 22.6 Å². The maximum atomic E-state index is 12.3. The first-order valence-corrected chi connectivity index (χ1v) is 8.78. The van der Waals surface area contributed by atoms with Crippen LogP contribution in [0.4, 0.5) is 5.69 Å². The normalized spacial score (nSPS) is 12.1. The van der Waals surface area contributed by atoms with Crippen LogP contribution in [0.2, 0.25) is 0 Å². The average Bonchev–Trinajstić information content (AvgIpc) is 2.50. The highest BCUT2D eigenvalue weighted by Crippen LogP contribution is 2.21. The second-order valence-corrected chi connectivity index (χ2v) is 7.18. The van der Waals surface area contributed by atoms with Crippen molar-refractivity contribution in [3.63, 3.8) is 0 Å². The van der Waals surface area contributed by atoms with E-state index < -0.39 is 6.10 Å². The van der Waals surface area contributed by atoms with Crippen molar-refractivity contribution in [3.8, 4) is 5.75 Å². The zero-order valence-corrected chi connectivity index (χ0v) is 16.0. The molecule has 3 nitrogen and oxygen atoms in total. The number of halogens is 1. The third-order valence-electron chi connectivity index (χ3n) is 3.68. The van der Waals surface area contributed by atoms with Crippen LogP contribution in [0.1, 0.15) is 37.8 Å². The fourth-order valence-corrected chi connectivity index (χ4v) is 2.84. The lowest BCUT2D eigenvalue weighted by Crippen LogP contribution is -2.30. The molecule has 0 heterocycles. The molecule has 0 saturated carbocycles. The maximum absolute atomic E-state index is 12.3. The van der Waals surface area contributed by atoms with E-state index in [1.54, 1.807) is 6.92 Å². The Morgan fingerprint density at radius 1 is 1.09 bits per heavy atom. The molecule has 0 aliphatic heterocycles. The van der Waals surface area contributed by atoms with Gasteiger partial charge in [0, 0.05) is 9.26 Å². The van der Waals surface area contributed by atoms with Gasteiger partial charge in [0.25, 0.3) is 5.91 Å². The summed E-state index contributed by atoms with van der Waals surface area (Å²) >= 11 is 2.25. The fraction of sp³-hybridized carbons (Fsp3) is 0.316. The summed E-state index contributed by atoms with van der Waals surface area (Å²) in [5.74, 6) is 1.03. The van der Waals surface area contributed by atoms with Gasteiger partial charge in [-0.1, -0.05) is 26.0 Å². The van der Waals surface area contributed by atoms with Gasteiger partial charge in [-0.25, -0.2) is 0 Å². The van der Waals surface area contributed by atoms with Crippen molar-refractivity contribution in [2.75, 3.05) is 5.32 Å². The fourth-order valence-electron chi connectivity index (χ4n) is 2.19. The van der Waals surface area contributed by atoms with Gasteiger partial charge < -0.3 is 10.1 Å². The van der Waals surface area contributed by atoms with E-state index >= 15 is 0 Å². The number of aryl methyl sites for hydroxylation is 1. The predicted octanol–water partition coefficient (Wildman–Crippen LogP) is 5.13. The van der Waals surface area contributed by atoms with Crippen molar-refractivity contribution >= 4 is 34.2 Å². The molecule has 0 aliphatic carbocycles. The molecule has 1 unspecified atom stereocenters. The van der Waals surface area contributed by atoms with Crippen LogP contribution in [-0.4, -0.2) is 12.0 Å². The molecule has 0 aromatic heterocycles. The first-order chi connectivity index (χ1) is 10.9. The van der Waals surface area contributed by atoms with Gasteiger partial charge in [-0.3, -0.25) is 4.79 Å². The third-order valence-corrected chi connectivity index (χ3v) is 4.35. The number of amides is 1. The molecule has 0 bridgehead atoms. The van der Waals surface area contributed by atoms with Crippen molar-refractivity contribution in [2.45, 2.75) is 39.7 Å². The Morgan fingerprint density at radius 2 is 1.74 bits per heavy atom. The zero-order chi connectivity index (χ0) is 17.0. The standard InChI is InChI=1S/C19H22INO2/c1-12(2)15-5-8-17(9-6-15)23-14(4)19(22)21-18-10-7-16(20)11-13(18)3/h5-12,14H,1-4H3,(H,21,22). The number of benzene rings is 2. The van der Waals surface area contributed by atoms with E-state index in [2.05, 4.69) is 41.8 Å². The number of anilines is 1. The summed E-state index contributed by atoms with van der Waals surface area (Å²) in [4.78, 5) is 12.3. The van der Waals surface area contributed by atoms with Gasteiger partial charge >= 0.3 is 0 Å². The van der Waals surface area contributed by atoms with E-state index in [1.165, 1.54) is 5.56 Å². The summed E-state index contributed by atoms with van der Waals surface area (Å²) in [5.41, 5.74) is 3.11. The Balaban J connectivity index is 1.99. The molecule has 0 fully saturated rings. The molecule has 1 N–H and O–H groups in total. The lowest BCUT2D eigenvalue weighted by molar-refractivity contribution is -0.122. The number of rotatable bonds is 5. The summed E-state index contributed by atoms with van der Waals surface area (Å²) in [7, 11) is 0. The molecule has 122 valence electrons. The van der Waals surface area contributed by atoms with Crippen LogP contribution < -0.4 is 10.1 Å². The molecule has 1 atom stereocenters. The van der Waals surface area contributed by atoms with Gasteiger partial charge in [0.1, 0.15) is 5.75 Å². The van der Waals surface area contributed by atoms with Gasteiger partial charge in [0.15, 0.2) is 6.10 Å². The van der Waals surface area contributed by atoms with E-state index in [0.717, 1.165) is 14.8 Å². The van der Waals surface area contributed by atoms with Crippen molar-refractivity contribution < 1.29 is 9.53 Å². The van der Waals surface area contributed by atoms with Gasteiger partial charge in [-0.05, 0) is 83.8 Å². The van der Waals surface area contributed by atoms with Crippen molar-refractivity contribution in [1.82, 2.24) is 0 Å². The molecule has 1 amide bonds. The Bertz CT molecular complexity index is 680. The third kappa shape index (κ3) is 4.96. The minimum Gasteiger partial charge on any atom is -0.481 e. The van der Waals surface area contributed by atoms with E-state index in [1.807, 2.05) is 49.4 Å². The minimum absolute atomic E-state index is 0.151. The van der Waals surface area contributed by atoms with E-state index in [-0.39, 0.29) is 5.91 Å². The minimum atomic E-state index is -0.557. The first-order valence-electron chi connectivity index (χ1n) is 7.70. The number of hydrogen-bond donors (Lipinski definition) is 1. The van der Waals surface area contributed by atoms with Crippen molar-refractivity contribution in [1.29, 1.82) is 0 Å². The van der Waals surface area contributed by atoms with Crippen molar-refractivity contribution in [2.24, 2.45) is 0 Å². The molecule has 2 aromatic rings. The zero-order valence-electron chi connectivity index (χ0n) is 13.9. The Kier molecular flexibility index (Phi) is 6.04. The summed E-state index contributed by atoms with van der Waals surface area (Å²) in [6.07, 6.45) is -0.557. The number of hydrogen-bond acceptors (Lipinski definition) is 2. The Morgan fingerprint density at radius 3 is 2.30 bits per heavy atom. The number of ether oxygens (including phenoxy) is 1. The molecule has 0 spiro atoms. The molecule has 2 aromatic carbocycles. The summed E-state index contributed by atoms with van der Waals surface area (Å²) in [6.45, 7) is 8.03. The lowest BCUT2D eigenvalue weighted by Gasteiger charge is -2.16. The second kappa shape index (κ2) is 7.81. The van der Waals surface area contributed by atoms with E-state index in [9.17, 15) is 4.79 Å². The molecule has 0 saturated heterocycles. The van der Waals surface area contributed by atoms with Crippen LogP contribution in [0, 0.1) is 10.5 Å². The van der Waals surface area contributed by atoms with Crippen LogP contribution in [0.5, 0.6) is 5.75 Å². The molecule has 4 heteroatoms. The molecule has 23 heavy (non-hydrogen) atoms. The maximum Gasteiger partial charge on any atom is 0.265 e. The van der Waals surface area contributed by atoms with E-state index in [0.29, 0.717) is 11.7 Å². The first kappa shape index (κ1) is 17.8. The van der Waals surface area contributed by atoms with E-state index in [4.69, 9.17) is 4.74 Å². The topological polar surface area (TPSA) is 38.3 Å². The number of carbonyl (C=O) groups is 1. The van der Waals surface area contributed by atoms with Gasteiger partial charge in [-0.15, -0.1) is 0 Å². The van der Waals surface area contributed by atoms with Crippen LogP contribution in [0.3, 0.4) is 0 Å². The molecule has 2 rings (SSSR count). The smallest absolute Gasteiger partial charge is 0.265 e. The Labute approximate surface area is 151 Å². The largest absolute Gasteiger partial charge is 0.481 e. The summed E-state index contributed by atoms with van der Waals surface area (Å²) in [5, 5.41) is 2.92. The van der Waals surface area contributed by atoms with Crippen LogP contribution in [0.25, 0.3) is 0 Å². The summed E-state index contributed by atoms with van der Waals surface area (Å²) in [6, 6.07) is 13.8. The highest BCUT2D eigenvalue weighted by molar-refractivity contribution is 14.1. The van der Waals surface area contributed by atoms with Crippen LogP contribution in [0.15, 0.2) is 42.5 Å². The number of nitrogens with one attached hydrogen (secondary N) is 1. The SMILES string of the molecule is Cc1cc(I)ccc1NC(=O)C(C)Oc1ccc(C(C)C)cc1. The highest BCUT2D eigenvalue weighted by atomic mass is 127. The van der Waals surface area contributed by atoms with Crippen LogP contribution in [-0.2, 0) is 4.79 Å². The lowest BCUT2D eigenvalue weighted by atomic mass is 10.0. The molecular formula is C19H22INO2. The average molecular weight is 423 g/mol. The van der Waals surface area contributed by atoms with Gasteiger partial charge in [0.2, 0.25) is 0 Å². The molecule has 0 aliphatic rings. The predicted molar refractivity (Wildman–Crippen MR) is 103 cm³/mol. The molecule has 0 radical (unpaired) electrons. The molecular weight excluding hydrogens is 401 g/mol. The monoisotopic (exact) mass is 423 g/mol. The highest BCUT2D eigenvalue weighted by Gasteiger charge is 2.16. The second-order valence-electron chi connectivity index (χ2n) is 5.93. The quantitative estimate of drug-likeness (QED) is 0.678.